The highest BCUT2D eigenvalue weighted by Gasteiger charge is 2.04. The lowest BCUT2D eigenvalue weighted by Gasteiger charge is -1.83. The Hall–Kier alpha value is -0.120. The average molecular weight is 167 g/mol. The molecule has 0 saturated heterocycles. The fourth-order valence-electron chi connectivity index (χ4n) is 0.484. The summed E-state index contributed by atoms with van der Waals surface area (Å²) in [6.07, 6.45) is 0. The van der Waals surface area contributed by atoms with E-state index in [1.54, 1.807) is 0 Å². The van der Waals surface area contributed by atoms with Crippen molar-refractivity contribution in [3.05, 3.63) is 21.1 Å². The summed E-state index contributed by atoms with van der Waals surface area (Å²) >= 11 is 6.47. The number of thiophene rings is 1. The van der Waals surface area contributed by atoms with Crippen LogP contribution >= 0.6 is 22.9 Å². The number of rotatable bonds is 1. The van der Waals surface area contributed by atoms with Crippen LogP contribution in [0.2, 0.25) is 4.34 Å². The summed E-state index contributed by atoms with van der Waals surface area (Å²) in [7, 11) is 0. The van der Waals surface area contributed by atoms with Crippen LogP contribution in [0.3, 0.4) is 0 Å². The highest BCUT2D eigenvalue weighted by Crippen LogP contribution is 2.24. The van der Waals surface area contributed by atoms with Crippen molar-refractivity contribution in [2.45, 2.75) is 6.61 Å². The maximum absolute atomic E-state index is 12.4. The summed E-state index contributed by atoms with van der Waals surface area (Å²) in [5.41, 5.74) is 0. The van der Waals surface area contributed by atoms with Gasteiger partial charge in [-0.25, -0.2) is 4.39 Å². The Balaban J connectivity index is 3.01. The number of aliphatic hydroxyl groups excluding tert-OH is 1. The predicted octanol–water partition coefficient (Wildman–Crippen LogP) is 2.03. The van der Waals surface area contributed by atoms with E-state index in [0.29, 0.717) is 9.21 Å². The summed E-state index contributed by atoms with van der Waals surface area (Å²) in [6.45, 7) is -0.275. The van der Waals surface area contributed by atoms with Gasteiger partial charge in [-0.2, -0.15) is 0 Å². The van der Waals surface area contributed by atoms with Crippen LogP contribution in [0.5, 0.6) is 0 Å². The van der Waals surface area contributed by atoms with E-state index in [2.05, 4.69) is 0 Å². The van der Waals surface area contributed by atoms with Gasteiger partial charge >= 0.3 is 0 Å². The molecule has 1 aromatic rings. The number of halogens is 2. The van der Waals surface area contributed by atoms with Gasteiger partial charge in [0.2, 0.25) is 0 Å². The fourth-order valence-corrected chi connectivity index (χ4v) is 1.48. The van der Waals surface area contributed by atoms with Gasteiger partial charge in [0.05, 0.1) is 15.8 Å². The summed E-state index contributed by atoms with van der Waals surface area (Å²) < 4.78 is 12.7. The van der Waals surface area contributed by atoms with Crippen molar-refractivity contribution in [3.63, 3.8) is 0 Å². The molecular formula is C5H4ClFOS. The van der Waals surface area contributed by atoms with E-state index >= 15 is 0 Å². The monoisotopic (exact) mass is 166 g/mol. The standard InChI is InChI=1S/C5H4ClFOS/c6-5-1-3(7)4(2-8)9-5/h1,8H,2H2. The first-order valence-corrected chi connectivity index (χ1v) is 3.48. The van der Waals surface area contributed by atoms with E-state index in [-0.39, 0.29) is 6.61 Å². The molecule has 0 saturated carbocycles. The van der Waals surface area contributed by atoms with Crippen molar-refractivity contribution in [2.24, 2.45) is 0 Å². The second-order valence-electron chi connectivity index (χ2n) is 1.48. The molecule has 0 aliphatic carbocycles. The molecule has 1 aromatic heterocycles. The topological polar surface area (TPSA) is 20.2 Å². The van der Waals surface area contributed by atoms with Gasteiger partial charge < -0.3 is 5.11 Å². The third kappa shape index (κ3) is 1.41. The van der Waals surface area contributed by atoms with Crippen LogP contribution in [0.4, 0.5) is 4.39 Å². The van der Waals surface area contributed by atoms with Crippen LogP contribution in [0.15, 0.2) is 6.07 Å². The number of hydrogen-bond acceptors (Lipinski definition) is 2. The second kappa shape index (κ2) is 2.64. The van der Waals surface area contributed by atoms with E-state index in [1.165, 1.54) is 6.07 Å². The maximum Gasteiger partial charge on any atom is 0.140 e. The Kier molecular flexibility index (Phi) is 2.05. The van der Waals surface area contributed by atoms with Crippen LogP contribution in [0.25, 0.3) is 0 Å². The van der Waals surface area contributed by atoms with Crippen molar-refractivity contribution in [1.82, 2.24) is 0 Å². The Labute approximate surface area is 60.7 Å². The number of aliphatic hydroxyl groups is 1. The van der Waals surface area contributed by atoms with Gasteiger partial charge in [-0.3, -0.25) is 0 Å². The molecule has 1 rings (SSSR count). The van der Waals surface area contributed by atoms with Crippen molar-refractivity contribution < 1.29 is 9.50 Å². The van der Waals surface area contributed by atoms with Crippen molar-refractivity contribution >= 4 is 22.9 Å². The van der Waals surface area contributed by atoms with Gasteiger partial charge in [0.1, 0.15) is 5.82 Å². The molecule has 0 atom stereocenters. The zero-order valence-corrected chi connectivity index (χ0v) is 5.97. The first kappa shape index (κ1) is 6.99. The van der Waals surface area contributed by atoms with Crippen molar-refractivity contribution in [1.29, 1.82) is 0 Å². The smallest absolute Gasteiger partial charge is 0.140 e. The van der Waals surface area contributed by atoms with Gasteiger partial charge in [-0.05, 0) is 0 Å². The van der Waals surface area contributed by atoms with Gasteiger partial charge in [0.15, 0.2) is 0 Å². The van der Waals surface area contributed by atoms with Crippen molar-refractivity contribution in [3.8, 4) is 0 Å². The van der Waals surface area contributed by atoms with Crippen LogP contribution in [0, 0.1) is 5.82 Å². The van der Waals surface area contributed by atoms with Gasteiger partial charge in [0, 0.05) is 6.07 Å². The Morgan fingerprint density at radius 2 is 2.44 bits per heavy atom. The molecule has 0 spiro atoms. The zero-order chi connectivity index (χ0) is 6.85. The van der Waals surface area contributed by atoms with E-state index in [9.17, 15) is 4.39 Å². The molecule has 4 heteroatoms. The molecule has 0 bridgehead atoms. The Morgan fingerprint density at radius 3 is 2.67 bits per heavy atom. The van der Waals surface area contributed by atoms with Crippen molar-refractivity contribution in [2.75, 3.05) is 0 Å². The molecule has 1 nitrogen and oxygen atoms in total. The predicted molar refractivity (Wildman–Crippen MR) is 35.2 cm³/mol. The van der Waals surface area contributed by atoms with Gasteiger partial charge in [-0.1, -0.05) is 11.6 Å². The van der Waals surface area contributed by atoms with E-state index in [4.69, 9.17) is 16.7 Å². The SMILES string of the molecule is OCc1sc(Cl)cc1F. The molecule has 0 aliphatic rings. The second-order valence-corrected chi connectivity index (χ2v) is 3.25. The quantitative estimate of drug-likeness (QED) is 0.677. The van der Waals surface area contributed by atoms with E-state index in [0.717, 1.165) is 11.3 Å². The molecule has 1 N–H and O–H groups in total. The molecule has 0 amide bonds. The third-order valence-corrected chi connectivity index (χ3v) is 2.09. The summed E-state index contributed by atoms with van der Waals surface area (Å²) in [5, 5.41) is 8.44. The summed E-state index contributed by atoms with van der Waals surface area (Å²) in [6, 6.07) is 1.19. The first-order chi connectivity index (χ1) is 4.24. The molecule has 0 aliphatic heterocycles. The lowest BCUT2D eigenvalue weighted by molar-refractivity contribution is 0.280. The van der Waals surface area contributed by atoms with Gasteiger partial charge in [-0.15, -0.1) is 11.3 Å². The van der Waals surface area contributed by atoms with Crippen LogP contribution in [0.1, 0.15) is 4.88 Å². The van der Waals surface area contributed by atoms with Crippen LogP contribution < -0.4 is 0 Å². The van der Waals surface area contributed by atoms with Crippen LogP contribution in [-0.2, 0) is 6.61 Å². The first-order valence-electron chi connectivity index (χ1n) is 2.28. The van der Waals surface area contributed by atoms with Crippen LogP contribution in [-0.4, -0.2) is 5.11 Å². The van der Waals surface area contributed by atoms with E-state index < -0.39 is 5.82 Å². The summed E-state index contributed by atoms with van der Waals surface area (Å²) in [4.78, 5) is 0.292. The lowest BCUT2D eigenvalue weighted by Crippen LogP contribution is -1.77. The van der Waals surface area contributed by atoms with E-state index in [1.807, 2.05) is 0 Å². The molecule has 0 radical (unpaired) electrons. The molecule has 9 heavy (non-hydrogen) atoms. The maximum atomic E-state index is 12.4. The summed E-state index contributed by atoms with van der Waals surface area (Å²) in [5.74, 6) is -0.424. The Morgan fingerprint density at radius 1 is 1.78 bits per heavy atom. The molecular weight excluding hydrogens is 163 g/mol. The number of hydrogen-bond donors (Lipinski definition) is 1. The Bertz CT molecular complexity index is 211. The molecule has 0 unspecified atom stereocenters. The highest BCUT2D eigenvalue weighted by molar-refractivity contribution is 7.16. The highest BCUT2D eigenvalue weighted by atomic mass is 35.5. The minimum Gasteiger partial charge on any atom is -0.391 e. The molecule has 1 heterocycles. The molecule has 0 aromatic carbocycles. The third-order valence-electron chi connectivity index (χ3n) is 0.871. The minimum atomic E-state index is -0.424. The van der Waals surface area contributed by atoms with Gasteiger partial charge in [0.25, 0.3) is 0 Å². The lowest BCUT2D eigenvalue weighted by atomic mass is 10.5. The minimum absolute atomic E-state index is 0.275. The normalized spacial score (nSPS) is 10.1. The zero-order valence-electron chi connectivity index (χ0n) is 4.40. The largest absolute Gasteiger partial charge is 0.391 e. The molecule has 50 valence electrons. The molecule has 0 fully saturated rings. The fraction of sp³-hybridized carbons (Fsp3) is 0.200. The average Bonchev–Trinajstić information content (AvgIpc) is 2.10.